The van der Waals surface area contributed by atoms with Gasteiger partial charge in [0.2, 0.25) is 0 Å². The lowest BCUT2D eigenvalue weighted by molar-refractivity contribution is -0.385. The van der Waals surface area contributed by atoms with Gasteiger partial charge < -0.3 is 9.47 Å². The largest absolute Gasteiger partial charge is 0.497 e. The molecule has 1 aliphatic rings. The van der Waals surface area contributed by atoms with Crippen molar-refractivity contribution in [1.29, 1.82) is 0 Å². The lowest BCUT2D eigenvalue weighted by atomic mass is 9.97. The Labute approximate surface area is 138 Å². The van der Waals surface area contributed by atoms with Crippen LogP contribution in [0.4, 0.5) is 5.69 Å². The number of nitro groups is 1. The van der Waals surface area contributed by atoms with Gasteiger partial charge in [0.25, 0.3) is 5.69 Å². The zero-order valence-corrected chi connectivity index (χ0v) is 13.2. The molecule has 2 aromatic rings. The summed E-state index contributed by atoms with van der Waals surface area (Å²) in [4.78, 5) is 23.2. The molecule has 0 fully saturated rings. The number of nitrogens with zero attached hydrogens (tertiary/aromatic N) is 1. The molecular formula is C18H15NO5. The number of ether oxygens (including phenoxy) is 2. The molecule has 6 heteroatoms. The molecule has 3 rings (SSSR count). The van der Waals surface area contributed by atoms with Crippen LogP contribution in [0, 0.1) is 17.0 Å². The molecule has 1 aliphatic heterocycles. The molecule has 24 heavy (non-hydrogen) atoms. The fourth-order valence-electron chi connectivity index (χ4n) is 2.55. The summed E-state index contributed by atoms with van der Waals surface area (Å²) in [6, 6.07) is 9.90. The number of methoxy groups -OCH3 is 1. The minimum atomic E-state index is -0.434. The van der Waals surface area contributed by atoms with E-state index in [9.17, 15) is 14.9 Å². The Kier molecular flexibility index (Phi) is 4.04. The second kappa shape index (κ2) is 6.16. The number of aryl methyl sites for hydroxylation is 1. The number of carbonyl (C=O) groups is 1. The molecule has 0 N–H and O–H groups in total. The van der Waals surface area contributed by atoms with Crippen molar-refractivity contribution in [2.45, 2.75) is 6.92 Å². The van der Waals surface area contributed by atoms with Gasteiger partial charge in [-0.3, -0.25) is 14.9 Å². The second-order valence-electron chi connectivity index (χ2n) is 5.45. The first-order valence-corrected chi connectivity index (χ1v) is 7.31. The van der Waals surface area contributed by atoms with Crippen molar-refractivity contribution in [3.8, 4) is 11.5 Å². The van der Waals surface area contributed by atoms with Gasteiger partial charge in [0, 0.05) is 17.2 Å². The van der Waals surface area contributed by atoms with Crippen molar-refractivity contribution >= 4 is 17.5 Å². The highest BCUT2D eigenvalue weighted by atomic mass is 16.6. The number of Topliss-reactive ketones (excluding diaryl/α,β-unsaturated/α-hetero) is 1. The fourth-order valence-corrected chi connectivity index (χ4v) is 2.55. The van der Waals surface area contributed by atoms with Crippen LogP contribution >= 0.6 is 0 Å². The Morgan fingerprint density at radius 1 is 1.25 bits per heavy atom. The Morgan fingerprint density at radius 2 is 2.04 bits per heavy atom. The minimum Gasteiger partial charge on any atom is -0.497 e. The van der Waals surface area contributed by atoms with Crippen LogP contribution in [0.25, 0.3) is 6.08 Å². The lowest BCUT2D eigenvalue weighted by Gasteiger charge is -2.19. The van der Waals surface area contributed by atoms with E-state index in [1.165, 1.54) is 13.2 Å². The van der Waals surface area contributed by atoms with Crippen molar-refractivity contribution in [1.82, 2.24) is 0 Å². The van der Waals surface area contributed by atoms with Crippen LogP contribution in [0.2, 0.25) is 0 Å². The average Bonchev–Trinajstić information content (AvgIpc) is 2.58. The van der Waals surface area contributed by atoms with Crippen molar-refractivity contribution < 1.29 is 19.2 Å². The van der Waals surface area contributed by atoms with Gasteiger partial charge in [-0.25, -0.2) is 0 Å². The number of carbonyl (C=O) groups excluding carboxylic acids is 1. The van der Waals surface area contributed by atoms with E-state index in [1.54, 1.807) is 43.3 Å². The van der Waals surface area contributed by atoms with Crippen LogP contribution in [-0.4, -0.2) is 24.4 Å². The predicted octanol–water partition coefficient (Wildman–Crippen LogP) is 3.57. The maximum absolute atomic E-state index is 12.6. The van der Waals surface area contributed by atoms with E-state index >= 15 is 0 Å². The average molecular weight is 325 g/mol. The number of hydrogen-bond acceptors (Lipinski definition) is 5. The molecule has 0 aromatic heterocycles. The number of fused-ring (bicyclic) bond motifs is 1. The summed E-state index contributed by atoms with van der Waals surface area (Å²) in [5.74, 6) is 0.907. The quantitative estimate of drug-likeness (QED) is 0.490. The van der Waals surface area contributed by atoms with E-state index in [2.05, 4.69) is 0 Å². The van der Waals surface area contributed by atoms with Crippen LogP contribution < -0.4 is 9.47 Å². The smallest absolute Gasteiger partial charge is 0.272 e. The maximum Gasteiger partial charge on any atom is 0.272 e. The van der Waals surface area contributed by atoms with Gasteiger partial charge in [-0.2, -0.15) is 0 Å². The van der Waals surface area contributed by atoms with E-state index in [4.69, 9.17) is 9.47 Å². The molecule has 0 aliphatic carbocycles. The Hall–Kier alpha value is -3.15. The van der Waals surface area contributed by atoms with Gasteiger partial charge in [-0.15, -0.1) is 0 Å². The highest BCUT2D eigenvalue weighted by molar-refractivity contribution is 6.14. The first kappa shape index (κ1) is 15.7. The van der Waals surface area contributed by atoms with Gasteiger partial charge in [-0.05, 0) is 36.8 Å². The van der Waals surface area contributed by atoms with Gasteiger partial charge in [0.15, 0.2) is 5.78 Å². The summed E-state index contributed by atoms with van der Waals surface area (Å²) < 4.78 is 10.7. The predicted molar refractivity (Wildman–Crippen MR) is 88.6 cm³/mol. The minimum absolute atomic E-state index is 0.0237. The fraction of sp³-hybridized carbons (Fsp3) is 0.167. The van der Waals surface area contributed by atoms with Gasteiger partial charge in [0.1, 0.15) is 18.1 Å². The number of rotatable bonds is 3. The molecule has 0 amide bonds. The molecule has 0 spiro atoms. The standard InChI is InChI=1S/C18H15NO5/c1-11-3-4-12(8-16(11)19(21)22)7-13-10-24-17-6-5-14(23-2)9-15(17)18(13)20/h3-9H,10H2,1-2H3/b13-7+. The molecule has 2 aromatic carbocycles. The molecule has 6 nitrogen and oxygen atoms in total. The highest BCUT2D eigenvalue weighted by Gasteiger charge is 2.24. The molecule has 0 bridgehead atoms. The van der Waals surface area contributed by atoms with Crippen LogP contribution in [-0.2, 0) is 0 Å². The lowest BCUT2D eigenvalue weighted by Crippen LogP contribution is -2.19. The van der Waals surface area contributed by atoms with Gasteiger partial charge in [0.05, 0.1) is 17.6 Å². The Bertz CT molecular complexity index is 870. The van der Waals surface area contributed by atoms with Crippen molar-refractivity contribution in [2.75, 3.05) is 13.7 Å². The first-order chi connectivity index (χ1) is 11.5. The summed E-state index contributed by atoms with van der Waals surface area (Å²) >= 11 is 0. The second-order valence-corrected chi connectivity index (χ2v) is 5.45. The molecule has 0 saturated heterocycles. The number of ketones is 1. The third kappa shape index (κ3) is 2.86. The van der Waals surface area contributed by atoms with E-state index < -0.39 is 4.92 Å². The normalized spacial score (nSPS) is 14.9. The molecule has 122 valence electrons. The first-order valence-electron chi connectivity index (χ1n) is 7.31. The molecule has 1 heterocycles. The van der Waals surface area contributed by atoms with Crippen LogP contribution in [0.1, 0.15) is 21.5 Å². The zero-order valence-electron chi connectivity index (χ0n) is 13.2. The summed E-state index contributed by atoms with van der Waals surface area (Å²) in [7, 11) is 1.53. The summed E-state index contributed by atoms with van der Waals surface area (Å²) in [5, 5.41) is 11.0. The van der Waals surface area contributed by atoms with E-state index in [-0.39, 0.29) is 18.1 Å². The number of hydrogen-bond donors (Lipinski definition) is 0. The Balaban J connectivity index is 1.98. The SMILES string of the molecule is COc1ccc2c(c1)C(=O)/C(=C/c1ccc(C)c([N+](=O)[O-])c1)CO2. The summed E-state index contributed by atoms with van der Waals surface area (Å²) in [6.07, 6.45) is 1.62. The van der Waals surface area contributed by atoms with E-state index in [1.807, 2.05) is 0 Å². The van der Waals surface area contributed by atoms with Gasteiger partial charge in [-0.1, -0.05) is 12.1 Å². The van der Waals surface area contributed by atoms with Crippen LogP contribution in [0.15, 0.2) is 42.0 Å². The van der Waals surface area contributed by atoms with E-state index in [0.717, 1.165) is 0 Å². The molecule has 0 radical (unpaired) electrons. The summed E-state index contributed by atoms with van der Waals surface area (Å²) in [5.41, 5.74) is 2.05. The third-order valence-electron chi connectivity index (χ3n) is 3.88. The molecule has 0 saturated carbocycles. The zero-order chi connectivity index (χ0) is 17.3. The Morgan fingerprint density at radius 3 is 2.75 bits per heavy atom. The topological polar surface area (TPSA) is 78.7 Å². The monoisotopic (exact) mass is 325 g/mol. The maximum atomic E-state index is 12.6. The van der Waals surface area contributed by atoms with E-state index in [0.29, 0.717) is 33.8 Å². The van der Waals surface area contributed by atoms with Crippen molar-refractivity contribution in [2.24, 2.45) is 0 Å². The van der Waals surface area contributed by atoms with Gasteiger partial charge >= 0.3 is 0 Å². The molecule has 0 unspecified atom stereocenters. The van der Waals surface area contributed by atoms with Crippen molar-refractivity contribution in [3.63, 3.8) is 0 Å². The van der Waals surface area contributed by atoms with Crippen LogP contribution in [0.3, 0.4) is 0 Å². The third-order valence-corrected chi connectivity index (χ3v) is 3.88. The van der Waals surface area contributed by atoms with Crippen LogP contribution in [0.5, 0.6) is 11.5 Å². The number of benzene rings is 2. The number of nitro benzene ring substituents is 1. The molecular weight excluding hydrogens is 310 g/mol. The molecule has 0 atom stereocenters. The summed E-state index contributed by atoms with van der Waals surface area (Å²) in [6.45, 7) is 1.80. The highest BCUT2D eigenvalue weighted by Crippen LogP contribution is 2.31. The van der Waals surface area contributed by atoms with Crippen molar-refractivity contribution in [3.05, 3.63) is 68.8 Å².